The standard InChI is InChI=1S/C17H24N6O3/c1-18-17(25)13-4-3-5-14(20-13)19-12-8-11(9-12)16-22-21-15(10-24)23(16)6-7-26-2/h3-5,11-12,24H,6-10H2,1-2H3,(H,18,25)(H,19,20). The van der Waals surface area contributed by atoms with Gasteiger partial charge in [0.25, 0.3) is 5.91 Å². The van der Waals surface area contributed by atoms with Gasteiger partial charge in [-0.3, -0.25) is 4.79 Å². The fraction of sp³-hybridized carbons (Fsp3) is 0.529. The van der Waals surface area contributed by atoms with Crippen LogP contribution in [0.15, 0.2) is 18.2 Å². The Balaban J connectivity index is 1.61. The van der Waals surface area contributed by atoms with Crippen LogP contribution < -0.4 is 10.6 Å². The number of nitrogens with one attached hydrogen (secondary N) is 2. The maximum Gasteiger partial charge on any atom is 0.269 e. The van der Waals surface area contributed by atoms with Gasteiger partial charge in [0, 0.05) is 32.7 Å². The molecule has 0 atom stereocenters. The first-order valence-electron chi connectivity index (χ1n) is 8.63. The van der Waals surface area contributed by atoms with Crippen molar-refractivity contribution in [3.63, 3.8) is 0 Å². The van der Waals surface area contributed by atoms with Crippen molar-refractivity contribution in [1.82, 2.24) is 25.1 Å². The van der Waals surface area contributed by atoms with Gasteiger partial charge in [-0.15, -0.1) is 10.2 Å². The molecular weight excluding hydrogens is 336 g/mol. The first-order valence-corrected chi connectivity index (χ1v) is 8.63. The van der Waals surface area contributed by atoms with Crippen LogP contribution in [0, 0.1) is 0 Å². The van der Waals surface area contributed by atoms with Crippen LogP contribution >= 0.6 is 0 Å². The Morgan fingerprint density at radius 3 is 2.88 bits per heavy atom. The van der Waals surface area contributed by atoms with E-state index < -0.39 is 0 Å². The minimum atomic E-state index is -0.206. The normalized spacial score (nSPS) is 19.0. The SMILES string of the molecule is CNC(=O)c1cccc(NC2CC(c3nnc(CO)n3CCOC)C2)n1. The van der Waals surface area contributed by atoms with Crippen LogP contribution in [-0.4, -0.2) is 57.6 Å². The highest BCUT2D eigenvalue weighted by atomic mass is 16.5. The molecule has 3 N–H and O–H groups in total. The van der Waals surface area contributed by atoms with Crippen LogP contribution in [0.5, 0.6) is 0 Å². The predicted octanol–water partition coefficient (Wildman–Crippen LogP) is 0.529. The van der Waals surface area contributed by atoms with Gasteiger partial charge in [-0.25, -0.2) is 4.98 Å². The average Bonchev–Trinajstić information content (AvgIpc) is 3.04. The number of carbonyl (C=O) groups is 1. The van der Waals surface area contributed by atoms with Crippen LogP contribution in [0.3, 0.4) is 0 Å². The largest absolute Gasteiger partial charge is 0.388 e. The van der Waals surface area contributed by atoms with Crippen LogP contribution in [-0.2, 0) is 17.9 Å². The number of methoxy groups -OCH3 is 1. The molecule has 2 aromatic rings. The van der Waals surface area contributed by atoms with E-state index in [4.69, 9.17) is 4.74 Å². The van der Waals surface area contributed by atoms with E-state index in [2.05, 4.69) is 25.8 Å². The number of anilines is 1. The van der Waals surface area contributed by atoms with E-state index in [1.807, 2.05) is 16.7 Å². The lowest BCUT2D eigenvalue weighted by molar-refractivity contribution is 0.0958. The van der Waals surface area contributed by atoms with Gasteiger partial charge in [0.05, 0.1) is 6.61 Å². The number of amides is 1. The van der Waals surface area contributed by atoms with Gasteiger partial charge in [0.15, 0.2) is 5.82 Å². The van der Waals surface area contributed by atoms with E-state index in [1.165, 1.54) is 0 Å². The van der Waals surface area contributed by atoms with Crippen molar-refractivity contribution in [2.75, 3.05) is 26.1 Å². The van der Waals surface area contributed by atoms with Crippen LogP contribution in [0.1, 0.15) is 40.9 Å². The minimum Gasteiger partial charge on any atom is -0.388 e. The van der Waals surface area contributed by atoms with Crippen molar-refractivity contribution < 1.29 is 14.6 Å². The molecule has 0 unspecified atom stereocenters. The molecule has 3 rings (SSSR count). The monoisotopic (exact) mass is 360 g/mol. The fourth-order valence-corrected chi connectivity index (χ4v) is 3.12. The molecule has 0 aromatic carbocycles. The molecule has 140 valence electrons. The molecule has 0 saturated heterocycles. The maximum absolute atomic E-state index is 11.7. The van der Waals surface area contributed by atoms with Gasteiger partial charge in [0.1, 0.15) is 23.9 Å². The molecule has 0 bridgehead atoms. The van der Waals surface area contributed by atoms with Crippen molar-refractivity contribution in [3.8, 4) is 0 Å². The number of aliphatic hydroxyl groups excluding tert-OH is 1. The number of ether oxygens (including phenoxy) is 1. The number of aliphatic hydroxyl groups is 1. The summed E-state index contributed by atoms with van der Waals surface area (Å²) in [7, 11) is 3.23. The zero-order chi connectivity index (χ0) is 18.5. The molecule has 1 fully saturated rings. The smallest absolute Gasteiger partial charge is 0.269 e. The predicted molar refractivity (Wildman–Crippen MR) is 94.8 cm³/mol. The summed E-state index contributed by atoms with van der Waals surface area (Å²) in [4.78, 5) is 16.0. The summed E-state index contributed by atoms with van der Waals surface area (Å²) in [5.74, 6) is 2.21. The lowest BCUT2D eigenvalue weighted by Crippen LogP contribution is -2.36. The molecule has 0 spiro atoms. The molecule has 26 heavy (non-hydrogen) atoms. The molecule has 1 aliphatic carbocycles. The number of hydrogen-bond acceptors (Lipinski definition) is 7. The lowest BCUT2D eigenvalue weighted by atomic mass is 9.79. The highest BCUT2D eigenvalue weighted by molar-refractivity contribution is 5.92. The Morgan fingerprint density at radius 2 is 2.19 bits per heavy atom. The molecule has 9 nitrogen and oxygen atoms in total. The minimum absolute atomic E-state index is 0.138. The van der Waals surface area contributed by atoms with Gasteiger partial charge in [-0.2, -0.15) is 0 Å². The molecule has 9 heteroatoms. The van der Waals surface area contributed by atoms with Crippen LogP contribution in [0.25, 0.3) is 0 Å². The number of nitrogens with zero attached hydrogens (tertiary/aromatic N) is 4. The summed E-state index contributed by atoms with van der Waals surface area (Å²) in [6.07, 6.45) is 1.78. The number of pyridine rings is 1. The fourth-order valence-electron chi connectivity index (χ4n) is 3.12. The second-order valence-electron chi connectivity index (χ2n) is 6.27. The van der Waals surface area contributed by atoms with Crippen molar-refractivity contribution in [3.05, 3.63) is 35.5 Å². The molecule has 2 heterocycles. The average molecular weight is 360 g/mol. The summed E-state index contributed by atoms with van der Waals surface area (Å²) in [5.41, 5.74) is 0.389. The maximum atomic E-state index is 11.7. The molecule has 0 aliphatic heterocycles. The van der Waals surface area contributed by atoms with E-state index >= 15 is 0 Å². The number of carbonyl (C=O) groups excluding carboxylic acids is 1. The topological polar surface area (TPSA) is 114 Å². The Morgan fingerprint density at radius 1 is 1.38 bits per heavy atom. The zero-order valence-electron chi connectivity index (χ0n) is 15.0. The first kappa shape index (κ1) is 18.3. The summed E-state index contributed by atoms with van der Waals surface area (Å²) < 4.78 is 7.07. The third-order valence-electron chi connectivity index (χ3n) is 4.58. The van der Waals surface area contributed by atoms with Crippen LogP contribution in [0.4, 0.5) is 5.82 Å². The van der Waals surface area contributed by atoms with E-state index in [0.717, 1.165) is 18.7 Å². The third kappa shape index (κ3) is 3.83. The molecule has 1 saturated carbocycles. The Bertz CT molecular complexity index is 757. The highest BCUT2D eigenvalue weighted by Gasteiger charge is 2.34. The summed E-state index contributed by atoms with van der Waals surface area (Å²) in [6, 6.07) is 5.61. The molecular formula is C17H24N6O3. The number of rotatable bonds is 8. The number of aromatic nitrogens is 4. The van der Waals surface area contributed by atoms with E-state index in [9.17, 15) is 9.90 Å². The van der Waals surface area contributed by atoms with E-state index in [1.54, 1.807) is 20.2 Å². The van der Waals surface area contributed by atoms with Crippen molar-refractivity contribution >= 4 is 11.7 Å². The Labute approximate surface area is 151 Å². The van der Waals surface area contributed by atoms with Crippen molar-refractivity contribution in [1.29, 1.82) is 0 Å². The highest BCUT2D eigenvalue weighted by Crippen LogP contribution is 2.37. The van der Waals surface area contributed by atoms with Gasteiger partial charge in [-0.1, -0.05) is 6.07 Å². The zero-order valence-corrected chi connectivity index (χ0v) is 15.0. The summed E-state index contributed by atoms with van der Waals surface area (Å²) in [6.45, 7) is 1.03. The van der Waals surface area contributed by atoms with Gasteiger partial charge in [0.2, 0.25) is 0 Å². The second-order valence-corrected chi connectivity index (χ2v) is 6.27. The molecule has 1 amide bonds. The molecule has 2 aromatic heterocycles. The van der Waals surface area contributed by atoms with Gasteiger partial charge < -0.3 is 25.0 Å². The first-order chi connectivity index (χ1) is 12.7. The second kappa shape index (κ2) is 8.24. The summed E-state index contributed by atoms with van der Waals surface area (Å²) >= 11 is 0. The quantitative estimate of drug-likeness (QED) is 0.629. The number of hydrogen-bond donors (Lipinski definition) is 3. The third-order valence-corrected chi connectivity index (χ3v) is 4.58. The van der Waals surface area contributed by atoms with Crippen molar-refractivity contribution in [2.24, 2.45) is 0 Å². The van der Waals surface area contributed by atoms with E-state index in [-0.39, 0.29) is 24.5 Å². The lowest BCUT2D eigenvalue weighted by Gasteiger charge is -2.35. The summed E-state index contributed by atoms with van der Waals surface area (Å²) in [5, 5.41) is 23.7. The van der Waals surface area contributed by atoms with Gasteiger partial charge >= 0.3 is 0 Å². The molecule has 0 radical (unpaired) electrons. The van der Waals surface area contributed by atoms with Gasteiger partial charge in [-0.05, 0) is 25.0 Å². The Kier molecular flexibility index (Phi) is 5.79. The molecule has 1 aliphatic rings. The van der Waals surface area contributed by atoms with Crippen LogP contribution in [0.2, 0.25) is 0 Å². The van der Waals surface area contributed by atoms with Crippen molar-refractivity contribution in [2.45, 2.75) is 38.0 Å². The Hall–Kier alpha value is -2.52. The van der Waals surface area contributed by atoms with E-state index in [0.29, 0.717) is 30.5 Å².